The standard InChI is InChI=1S/C17H15NO5/c19-17(12-2-4-13-16(8-12)21-6-5-20-13)18-9-11-1-3-14-15(7-11)23-10-22-14/h1-4,7-8H,5-6,9-10H2,(H,18,19). The number of hydrogen-bond acceptors (Lipinski definition) is 5. The Hall–Kier alpha value is -2.89. The summed E-state index contributed by atoms with van der Waals surface area (Å²) < 4.78 is 21.5. The van der Waals surface area contributed by atoms with Crippen molar-refractivity contribution in [1.82, 2.24) is 5.32 Å². The zero-order valence-corrected chi connectivity index (χ0v) is 12.3. The van der Waals surface area contributed by atoms with Gasteiger partial charge in [0.25, 0.3) is 5.91 Å². The molecule has 1 amide bonds. The van der Waals surface area contributed by atoms with E-state index in [2.05, 4.69) is 5.32 Å². The molecule has 0 aromatic heterocycles. The molecule has 1 N–H and O–H groups in total. The molecule has 2 aromatic carbocycles. The smallest absolute Gasteiger partial charge is 0.251 e. The third kappa shape index (κ3) is 2.75. The van der Waals surface area contributed by atoms with Crippen molar-refractivity contribution in [1.29, 1.82) is 0 Å². The van der Waals surface area contributed by atoms with Crippen molar-refractivity contribution in [3.63, 3.8) is 0 Å². The van der Waals surface area contributed by atoms with E-state index in [0.29, 0.717) is 42.6 Å². The zero-order valence-electron chi connectivity index (χ0n) is 12.3. The van der Waals surface area contributed by atoms with E-state index >= 15 is 0 Å². The summed E-state index contributed by atoms with van der Waals surface area (Å²) in [5, 5.41) is 2.88. The van der Waals surface area contributed by atoms with Crippen LogP contribution in [-0.2, 0) is 6.54 Å². The molecule has 0 radical (unpaired) electrons. The Morgan fingerprint density at radius 2 is 1.57 bits per heavy atom. The maximum atomic E-state index is 12.3. The van der Waals surface area contributed by atoms with Gasteiger partial charge in [-0.1, -0.05) is 6.07 Å². The van der Waals surface area contributed by atoms with Crippen LogP contribution in [0.3, 0.4) is 0 Å². The van der Waals surface area contributed by atoms with E-state index in [-0.39, 0.29) is 12.7 Å². The highest BCUT2D eigenvalue weighted by atomic mass is 16.7. The van der Waals surface area contributed by atoms with Crippen LogP contribution in [0.15, 0.2) is 36.4 Å². The molecule has 0 bridgehead atoms. The van der Waals surface area contributed by atoms with Gasteiger partial charge in [-0.25, -0.2) is 0 Å². The van der Waals surface area contributed by atoms with Gasteiger partial charge in [0.1, 0.15) is 13.2 Å². The van der Waals surface area contributed by atoms with E-state index in [9.17, 15) is 4.79 Å². The summed E-state index contributed by atoms with van der Waals surface area (Å²) in [6.45, 7) is 1.67. The first-order valence-corrected chi connectivity index (χ1v) is 7.36. The minimum Gasteiger partial charge on any atom is -0.486 e. The van der Waals surface area contributed by atoms with Gasteiger partial charge in [0.2, 0.25) is 6.79 Å². The monoisotopic (exact) mass is 313 g/mol. The highest BCUT2D eigenvalue weighted by molar-refractivity contribution is 5.94. The van der Waals surface area contributed by atoms with Gasteiger partial charge in [-0.2, -0.15) is 0 Å². The van der Waals surface area contributed by atoms with Crippen molar-refractivity contribution in [3.05, 3.63) is 47.5 Å². The highest BCUT2D eigenvalue weighted by Crippen LogP contribution is 2.33. The van der Waals surface area contributed by atoms with Crippen molar-refractivity contribution < 1.29 is 23.7 Å². The lowest BCUT2D eigenvalue weighted by Crippen LogP contribution is -2.23. The Bertz CT molecular complexity index is 759. The van der Waals surface area contributed by atoms with Gasteiger partial charge in [0, 0.05) is 12.1 Å². The normalized spacial score (nSPS) is 14.4. The fourth-order valence-corrected chi connectivity index (χ4v) is 2.52. The third-order valence-electron chi connectivity index (χ3n) is 3.69. The summed E-state index contributed by atoms with van der Waals surface area (Å²) in [5.41, 5.74) is 1.48. The maximum Gasteiger partial charge on any atom is 0.251 e. The second-order valence-electron chi connectivity index (χ2n) is 5.23. The van der Waals surface area contributed by atoms with E-state index in [1.807, 2.05) is 18.2 Å². The largest absolute Gasteiger partial charge is 0.486 e. The van der Waals surface area contributed by atoms with E-state index in [1.54, 1.807) is 18.2 Å². The summed E-state index contributed by atoms with van der Waals surface area (Å²) >= 11 is 0. The molecule has 6 heteroatoms. The lowest BCUT2D eigenvalue weighted by molar-refractivity contribution is 0.0949. The molecule has 0 saturated carbocycles. The fourth-order valence-electron chi connectivity index (χ4n) is 2.52. The SMILES string of the molecule is O=C(NCc1ccc2c(c1)OCO2)c1ccc2c(c1)OCCO2. The molecule has 2 aliphatic heterocycles. The van der Waals surface area contributed by atoms with Crippen molar-refractivity contribution in [2.75, 3.05) is 20.0 Å². The Kier molecular flexibility index (Phi) is 3.42. The zero-order chi connectivity index (χ0) is 15.6. The molecule has 2 aliphatic rings. The molecule has 0 atom stereocenters. The molecule has 6 nitrogen and oxygen atoms in total. The molecular weight excluding hydrogens is 298 g/mol. The lowest BCUT2D eigenvalue weighted by atomic mass is 10.1. The number of ether oxygens (including phenoxy) is 4. The number of fused-ring (bicyclic) bond motifs is 2. The van der Waals surface area contributed by atoms with Crippen molar-refractivity contribution in [2.24, 2.45) is 0 Å². The van der Waals surface area contributed by atoms with Gasteiger partial charge in [-0.05, 0) is 35.9 Å². The average Bonchev–Trinajstić information content (AvgIpc) is 3.07. The predicted molar refractivity (Wildman–Crippen MR) is 81.2 cm³/mol. The fraction of sp³-hybridized carbons (Fsp3) is 0.235. The van der Waals surface area contributed by atoms with Crippen molar-refractivity contribution in [2.45, 2.75) is 6.54 Å². The van der Waals surface area contributed by atoms with Crippen LogP contribution in [0.5, 0.6) is 23.0 Å². The quantitative estimate of drug-likeness (QED) is 0.940. The molecule has 118 valence electrons. The van der Waals surface area contributed by atoms with Gasteiger partial charge >= 0.3 is 0 Å². The van der Waals surface area contributed by atoms with Crippen molar-refractivity contribution in [3.8, 4) is 23.0 Å². The molecule has 0 spiro atoms. The number of rotatable bonds is 3. The Balaban J connectivity index is 1.44. The van der Waals surface area contributed by atoms with Gasteiger partial charge in [-0.3, -0.25) is 4.79 Å². The number of hydrogen-bond donors (Lipinski definition) is 1. The van der Waals surface area contributed by atoms with Crippen LogP contribution < -0.4 is 24.3 Å². The van der Waals surface area contributed by atoms with Crippen LogP contribution in [0.1, 0.15) is 15.9 Å². The molecule has 0 unspecified atom stereocenters. The number of benzene rings is 2. The van der Waals surface area contributed by atoms with Crippen LogP contribution in [0.2, 0.25) is 0 Å². The Labute approximate surface area is 132 Å². The first kappa shape index (κ1) is 13.8. The van der Waals surface area contributed by atoms with Crippen LogP contribution in [0.4, 0.5) is 0 Å². The van der Waals surface area contributed by atoms with E-state index in [4.69, 9.17) is 18.9 Å². The van der Waals surface area contributed by atoms with E-state index < -0.39 is 0 Å². The summed E-state index contributed by atoms with van der Waals surface area (Å²) in [6, 6.07) is 10.8. The second kappa shape index (κ2) is 5.72. The Morgan fingerprint density at radius 3 is 2.48 bits per heavy atom. The molecule has 2 aromatic rings. The molecule has 2 heterocycles. The second-order valence-corrected chi connectivity index (χ2v) is 5.23. The third-order valence-corrected chi connectivity index (χ3v) is 3.69. The highest BCUT2D eigenvalue weighted by Gasteiger charge is 2.16. The van der Waals surface area contributed by atoms with Gasteiger partial charge in [0.05, 0.1) is 0 Å². The van der Waals surface area contributed by atoms with Crippen molar-refractivity contribution >= 4 is 5.91 Å². The summed E-state index contributed by atoms with van der Waals surface area (Å²) in [5.74, 6) is 2.54. The van der Waals surface area contributed by atoms with Gasteiger partial charge < -0.3 is 24.3 Å². The molecule has 0 saturated heterocycles. The van der Waals surface area contributed by atoms with Crippen LogP contribution in [-0.4, -0.2) is 25.9 Å². The number of nitrogens with one attached hydrogen (secondary N) is 1. The number of amides is 1. The van der Waals surface area contributed by atoms with Gasteiger partial charge in [0.15, 0.2) is 23.0 Å². The average molecular weight is 313 g/mol. The van der Waals surface area contributed by atoms with E-state index in [0.717, 1.165) is 11.3 Å². The minimum atomic E-state index is -0.167. The maximum absolute atomic E-state index is 12.3. The minimum absolute atomic E-state index is 0.167. The first-order valence-electron chi connectivity index (χ1n) is 7.36. The lowest BCUT2D eigenvalue weighted by Gasteiger charge is -2.18. The van der Waals surface area contributed by atoms with Crippen LogP contribution >= 0.6 is 0 Å². The van der Waals surface area contributed by atoms with Crippen LogP contribution in [0, 0.1) is 0 Å². The van der Waals surface area contributed by atoms with Crippen LogP contribution in [0.25, 0.3) is 0 Å². The molecular formula is C17H15NO5. The molecule has 0 fully saturated rings. The molecule has 0 aliphatic carbocycles. The molecule has 4 rings (SSSR count). The van der Waals surface area contributed by atoms with E-state index in [1.165, 1.54) is 0 Å². The molecule has 23 heavy (non-hydrogen) atoms. The summed E-state index contributed by atoms with van der Waals surface area (Å²) in [7, 11) is 0. The van der Waals surface area contributed by atoms with Gasteiger partial charge in [-0.15, -0.1) is 0 Å². The predicted octanol–water partition coefficient (Wildman–Crippen LogP) is 2.12. The Morgan fingerprint density at radius 1 is 0.870 bits per heavy atom. The topological polar surface area (TPSA) is 66.0 Å². The first-order chi connectivity index (χ1) is 11.3. The summed E-state index contributed by atoms with van der Waals surface area (Å²) in [4.78, 5) is 12.3. The number of carbonyl (C=O) groups excluding carboxylic acids is 1. The number of carbonyl (C=O) groups is 1. The summed E-state index contributed by atoms with van der Waals surface area (Å²) in [6.07, 6.45) is 0.